The van der Waals surface area contributed by atoms with Gasteiger partial charge in [0.2, 0.25) is 5.91 Å². The standard InChI is InChI=1S/C24H26Cl2N2O6/c1-28(13-14-5-3-2-4-6-14)24(33)17-11-16(7-8-20(17)29)34-23-18(25)9-15(10-19(23)26)27-21(30)12-22(31)32/h7-11,14,29H,2-6,12-13H2,1H3,(H,27,30)(H,31,32). The SMILES string of the molecule is CN(CC1CCCCC1)C(=O)c1cc(Oc2c(Cl)cc(NC(=O)CC(=O)O)cc2Cl)ccc1O. The molecule has 34 heavy (non-hydrogen) atoms. The number of hydrogen-bond donors (Lipinski definition) is 3. The maximum Gasteiger partial charge on any atom is 0.312 e. The number of nitrogens with zero attached hydrogens (tertiary/aromatic N) is 1. The first-order chi connectivity index (χ1) is 16.1. The number of benzene rings is 2. The first kappa shape index (κ1) is 25.6. The Bertz CT molecular complexity index is 1060. The maximum atomic E-state index is 13.0. The molecule has 0 saturated heterocycles. The predicted octanol–water partition coefficient (Wildman–Crippen LogP) is 5.56. The summed E-state index contributed by atoms with van der Waals surface area (Å²) < 4.78 is 5.79. The highest BCUT2D eigenvalue weighted by molar-refractivity contribution is 6.37. The van der Waals surface area contributed by atoms with E-state index in [1.165, 1.54) is 49.6 Å². The van der Waals surface area contributed by atoms with Crippen molar-refractivity contribution >= 4 is 46.7 Å². The van der Waals surface area contributed by atoms with Crippen LogP contribution in [0, 0.1) is 5.92 Å². The minimum absolute atomic E-state index is 0.0634. The second-order valence-corrected chi connectivity index (χ2v) is 9.17. The number of anilines is 1. The van der Waals surface area contributed by atoms with Gasteiger partial charge >= 0.3 is 5.97 Å². The lowest BCUT2D eigenvalue weighted by molar-refractivity contribution is -0.139. The number of phenolic OH excluding ortho intramolecular Hbond substituents is 1. The fourth-order valence-corrected chi connectivity index (χ4v) is 4.55. The first-order valence-corrected chi connectivity index (χ1v) is 11.7. The number of ether oxygens (including phenoxy) is 1. The molecule has 0 unspecified atom stereocenters. The molecule has 182 valence electrons. The number of rotatable bonds is 8. The van der Waals surface area contributed by atoms with E-state index in [0.29, 0.717) is 12.5 Å². The lowest BCUT2D eigenvalue weighted by Crippen LogP contribution is -2.32. The Morgan fingerprint density at radius 3 is 2.35 bits per heavy atom. The summed E-state index contributed by atoms with van der Waals surface area (Å²) in [5.74, 6) is -1.71. The van der Waals surface area contributed by atoms with Crippen LogP contribution in [-0.2, 0) is 9.59 Å². The van der Waals surface area contributed by atoms with Gasteiger partial charge in [-0.25, -0.2) is 0 Å². The van der Waals surface area contributed by atoms with E-state index in [9.17, 15) is 19.5 Å². The zero-order chi connectivity index (χ0) is 24.8. The monoisotopic (exact) mass is 508 g/mol. The Morgan fingerprint density at radius 1 is 1.09 bits per heavy atom. The van der Waals surface area contributed by atoms with Gasteiger partial charge in [0.25, 0.3) is 5.91 Å². The van der Waals surface area contributed by atoms with Crippen molar-refractivity contribution in [3.05, 3.63) is 45.9 Å². The Hall–Kier alpha value is -2.97. The van der Waals surface area contributed by atoms with E-state index in [4.69, 9.17) is 33.0 Å². The van der Waals surface area contributed by atoms with Crippen LogP contribution in [0.2, 0.25) is 10.0 Å². The van der Waals surface area contributed by atoms with Crippen LogP contribution in [0.4, 0.5) is 5.69 Å². The number of hydrogen-bond acceptors (Lipinski definition) is 5. The average Bonchev–Trinajstić information content (AvgIpc) is 2.77. The average molecular weight is 509 g/mol. The van der Waals surface area contributed by atoms with E-state index < -0.39 is 18.3 Å². The lowest BCUT2D eigenvalue weighted by Gasteiger charge is -2.27. The van der Waals surface area contributed by atoms with Crippen molar-refractivity contribution in [2.45, 2.75) is 38.5 Å². The Labute approximate surface area is 207 Å². The van der Waals surface area contributed by atoms with Gasteiger partial charge in [-0.15, -0.1) is 0 Å². The quantitative estimate of drug-likeness (QED) is 0.402. The molecule has 1 fully saturated rings. The van der Waals surface area contributed by atoms with Crippen LogP contribution in [0.1, 0.15) is 48.9 Å². The van der Waals surface area contributed by atoms with E-state index in [0.717, 1.165) is 12.8 Å². The fourth-order valence-electron chi connectivity index (χ4n) is 3.99. The van der Waals surface area contributed by atoms with Crippen LogP contribution in [0.3, 0.4) is 0 Å². The molecular weight excluding hydrogens is 483 g/mol. The number of nitrogens with one attached hydrogen (secondary N) is 1. The summed E-state index contributed by atoms with van der Waals surface area (Å²) in [6, 6.07) is 6.99. The van der Waals surface area contributed by atoms with Crippen LogP contribution in [-0.4, -0.2) is 46.5 Å². The molecule has 1 saturated carbocycles. The van der Waals surface area contributed by atoms with Gasteiger partial charge in [0.1, 0.15) is 17.9 Å². The van der Waals surface area contributed by atoms with Gasteiger partial charge in [0.05, 0.1) is 15.6 Å². The van der Waals surface area contributed by atoms with Crippen molar-refractivity contribution in [2.24, 2.45) is 5.92 Å². The van der Waals surface area contributed by atoms with Crippen molar-refractivity contribution in [1.29, 1.82) is 0 Å². The molecule has 0 spiro atoms. The molecule has 0 radical (unpaired) electrons. The molecule has 2 aromatic rings. The smallest absolute Gasteiger partial charge is 0.312 e. The van der Waals surface area contributed by atoms with Gasteiger partial charge in [-0.3, -0.25) is 14.4 Å². The molecule has 0 aliphatic heterocycles. The summed E-state index contributed by atoms with van der Waals surface area (Å²) in [6.07, 6.45) is 5.06. The highest BCUT2D eigenvalue weighted by atomic mass is 35.5. The zero-order valence-corrected chi connectivity index (χ0v) is 20.2. The van der Waals surface area contributed by atoms with E-state index in [2.05, 4.69) is 5.32 Å². The number of phenols is 1. The summed E-state index contributed by atoms with van der Waals surface area (Å²) in [4.78, 5) is 36.9. The molecule has 3 N–H and O–H groups in total. The third kappa shape index (κ3) is 6.77. The van der Waals surface area contributed by atoms with E-state index >= 15 is 0 Å². The molecule has 8 nitrogen and oxygen atoms in total. The topological polar surface area (TPSA) is 116 Å². The van der Waals surface area contributed by atoms with Gasteiger partial charge < -0.3 is 25.2 Å². The second kappa shape index (κ2) is 11.4. The minimum atomic E-state index is -1.27. The Balaban J connectivity index is 1.74. The van der Waals surface area contributed by atoms with Crippen molar-refractivity contribution in [2.75, 3.05) is 18.9 Å². The van der Waals surface area contributed by atoms with Crippen molar-refractivity contribution in [1.82, 2.24) is 4.90 Å². The molecule has 1 aliphatic rings. The summed E-state index contributed by atoms with van der Waals surface area (Å²) in [7, 11) is 1.72. The molecule has 0 aromatic heterocycles. The third-order valence-electron chi connectivity index (χ3n) is 5.62. The first-order valence-electron chi connectivity index (χ1n) is 10.9. The van der Waals surface area contributed by atoms with Crippen LogP contribution >= 0.6 is 23.2 Å². The number of carboxylic acid groups (broad SMARTS) is 1. The molecule has 0 bridgehead atoms. The van der Waals surface area contributed by atoms with Gasteiger partial charge in [0, 0.05) is 19.3 Å². The largest absolute Gasteiger partial charge is 0.507 e. The highest BCUT2D eigenvalue weighted by Crippen LogP contribution is 2.40. The molecule has 2 aromatic carbocycles. The molecule has 10 heteroatoms. The Kier molecular flexibility index (Phi) is 8.63. The van der Waals surface area contributed by atoms with Gasteiger partial charge in [-0.05, 0) is 49.1 Å². The minimum Gasteiger partial charge on any atom is -0.507 e. The van der Waals surface area contributed by atoms with Crippen LogP contribution in [0.5, 0.6) is 17.2 Å². The summed E-state index contributed by atoms with van der Waals surface area (Å²) in [5, 5.41) is 21.5. The predicted molar refractivity (Wildman–Crippen MR) is 129 cm³/mol. The van der Waals surface area contributed by atoms with Gasteiger partial charge in [-0.2, -0.15) is 0 Å². The number of carbonyl (C=O) groups excluding carboxylic acids is 2. The third-order valence-corrected chi connectivity index (χ3v) is 6.18. The van der Waals surface area contributed by atoms with Crippen molar-refractivity contribution in [3.8, 4) is 17.2 Å². The summed E-state index contributed by atoms with van der Waals surface area (Å²) in [5.41, 5.74) is 0.306. The van der Waals surface area contributed by atoms with Crippen LogP contribution < -0.4 is 10.1 Å². The molecule has 0 heterocycles. The van der Waals surface area contributed by atoms with Crippen molar-refractivity contribution < 1.29 is 29.3 Å². The summed E-state index contributed by atoms with van der Waals surface area (Å²) in [6.45, 7) is 0.621. The number of carbonyl (C=O) groups is 3. The fraction of sp³-hybridized carbons (Fsp3) is 0.375. The number of aliphatic carboxylic acids is 1. The molecule has 1 aliphatic carbocycles. The van der Waals surface area contributed by atoms with E-state index in [-0.39, 0.29) is 44.5 Å². The number of amides is 2. The van der Waals surface area contributed by atoms with E-state index in [1.807, 2.05) is 0 Å². The highest BCUT2D eigenvalue weighted by Gasteiger charge is 2.22. The van der Waals surface area contributed by atoms with Crippen LogP contribution in [0.15, 0.2) is 30.3 Å². The second-order valence-electron chi connectivity index (χ2n) is 8.36. The molecular formula is C24H26Cl2N2O6. The molecule has 2 amide bonds. The molecule has 0 atom stereocenters. The van der Waals surface area contributed by atoms with Crippen molar-refractivity contribution in [3.63, 3.8) is 0 Å². The van der Waals surface area contributed by atoms with Gasteiger partial charge in [0.15, 0.2) is 5.75 Å². The zero-order valence-electron chi connectivity index (χ0n) is 18.6. The normalized spacial score (nSPS) is 13.9. The molecule has 3 rings (SSSR count). The Morgan fingerprint density at radius 2 is 1.74 bits per heavy atom. The van der Waals surface area contributed by atoms with Crippen LogP contribution in [0.25, 0.3) is 0 Å². The number of aromatic hydroxyl groups is 1. The number of carboxylic acids is 1. The van der Waals surface area contributed by atoms with Gasteiger partial charge in [-0.1, -0.05) is 42.5 Å². The maximum absolute atomic E-state index is 13.0. The van der Waals surface area contributed by atoms with E-state index in [1.54, 1.807) is 11.9 Å². The lowest BCUT2D eigenvalue weighted by atomic mass is 9.89. The number of halogens is 2. The summed E-state index contributed by atoms with van der Waals surface area (Å²) >= 11 is 12.5.